The molecule has 0 radical (unpaired) electrons. The normalized spacial score (nSPS) is 10.5. The number of rotatable bonds is 7. The van der Waals surface area contributed by atoms with Gasteiger partial charge in [0.25, 0.3) is 11.8 Å². The van der Waals surface area contributed by atoms with Gasteiger partial charge in [-0.3, -0.25) is 9.59 Å². The van der Waals surface area contributed by atoms with Gasteiger partial charge >= 0.3 is 0 Å². The van der Waals surface area contributed by atoms with E-state index in [0.717, 1.165) is 0 Å². The van der Waals surface area contributed by atoms with E-state index in [1.807, 2.05) is 19.9 Å². The minimum absolute atomic E-state index is 0.0322. The van der Waals surface area contributed by atoms with Crippen LogP contribution in [-0.4, -0.2) is 17.9 Å². The average Bonchev–Trinajstić information content (AvgIpc) is 3.20. The summed E-state index contributed by atoms with van der Waals surface area (Å²) in [6.45, 7) is 4.18. The quantitative estimate of drug-likeness (QED) is 0.644. The first kappa shape index (κ1) is 19.2. The van der Waals surface area contributed by atoms with Crippen LogP contribution < -0.4 is 15.4 Å². The highest BCUT2D eigenvalue weighted by atomic mass is 16.5. The van der Waals surface area contributed by atoms with E-state index in [-0.39, 0.29) is 17.9 Å². The van der Waals surface area contributed by atoms with Gasteiger partial charge in [0.15, 0.2) is 0 Å². The van der Waals surface area contributed by atoms with Crippen molar-refractivity contribution >= 4 is 17.5 Å². The summed E-state index contributed by atoms with van der Waals surface area (Å²) in [4.78, 5) is 24.6. The third-order valence-electron chi connectivity index (χ3n) is 3.88. The second kappa shape index (κ2) is 8.90. The average molecular weight is 378 g/mol. The number of hydrogen-bond acceptors (Lipinski definition) is 4. The summed E-state index contributed by atoms with van der Waals surface area (Å²) in [6, 6.07) is 17.3. The summed E-state index contributed by atoms with van der Waals surface area (Å²) in [6.07, 6.45) is 1.59. The Morgan fingerprint density at radius 3 is 2.43 bits per heavy atom. The van der Waals surface area contributed by atoms with E-state index in [9.17, 15) is 9.59 Å². The molecule has 3 rings (SSSR count). The maximum Gasteiger partial charge on any atom is 0.255 e. The van der Waals surface area contributed by atoms with Crippen molar-refractivity contribution < 1.29 is 18.7 Å². The number of nitrogens with one attached hydrogen (secondary N) is 2. The standard InChI is InChI=1S/C22H22N2O4/c1-15(2)28-19-6-3-5-17(13-19)22(26)24-18-10-8-16(9-11-18)21(25)23-14-20-7-4-12-27-20/h3-13,15H,14H2,1-2H3,(H,23,25)(H,24,26). The fraction of sp³-hybridized carbons (Fsp3) is 0.182. The second-order valence-electron chi connectivity index (χ2n) is 6.49. The highest BCUT2D eigenvalue weighted by Gasteiger charge is 2.10. The van der Waals surface area contributed by atoms with Crippen LogP contribution in [0.15, 0.2) is 71.3 Å². The first-order valence-corrected chi connectivity index (χ1v) is 9.00. The van der Waals surface area contributed by atoms with Gasteiger partial charge in [-0.05, 0) is 68.4 Å². The molecular formula is C22H22N2O4. The molecule has 1 heterocycles. The zero-order chi connectivity index (χ0) is 19.9. The van der Waals surface area contributed by atoms with Crippen LogP contribution in [-0.2, 0) is 6.54 Å². The molecular weight excluding hydrogens is 356 g/mol. The molecule has 28 heavy (non-hydrogen) atoms. The Morgan fingerprint density at radius 2 is 1.75 bits per heavy atom. The third kappa shape index (κ3) is 5.23. The summed E-state index contributed by atoms with van der Waals surface area (Å²) in [5, 5.41) is 5.59. The molecule has 0 bridgehead atoms. The molecule has 0 aliphatic rings. The minimum Gasteiger partial charge on any atom is -0.491 e. The van der Waals surface area contributed by atoms with E-state index >= 15 is 0 Å². The van der Waals surface area contributed by atoms with E-state index in [1.54, 1.807) is 60.9 Å². The molecule has 0 saturated heterocycles. The van der Waals surface area contributed by atoms with Crippen LogP contribution >= 0.6 is 0 Å². The van der Waals surface area contributed by atoms with Gasteiger partial charge in [-0.25, -0.2) is 0 Å². The molecule has 0 aliphatic carbocycles. The number of carbonyl (C=O) groups excluding carboxylic acids is 2. The molecule has 0 fully saturated rings. The molecule has 2 N–H and O–H groups in total. The SMILES string of the molecule is CC(C)Oc1cccc(C(=O)Nc2ccc(C(=O)NCc3ccco3)cc2)c1. The minimum atomic E-state index is -0.246. The van der Waals surface area contributed by atoms with Crippen molar-refractivity contribution in [1.82, 2.24) is 5.32 Å². The summed E-state index contributed by atoms with van der Waals surface area (Å²) in [5.41, 5.74) is 1.60. The zero-order valence-corrected chi connectivity index (χ0v) is 15.8. The van der Waals surface area contributed by atoms with Crippen LogP contribution in [0.2, 0.25) is 0 Å². The van der Waals surface area contributed by atoms with E-state index in [1.165, 1.54) is 0 Å². The van der Waals surface area contributed by atoms with Crippen LogP contribution in [0.5, 0.6) is 5.75 Å². The summed E-state index contributed by atoms with van der Waals surface area (Å²) < 4.78 is 10.8. The predicted octanol–water partition coefficient (Wildman–Crippen LogP) is 4.25. The fourth-order valence-electron chi connectivity index (χ4n) is 2.57. The van der Waals surface area contributed by atoms with E-state index in [0.29, 0.717) is 34.9 Å². The summed E-state index contributed by atoms with van der Waals surface area (Å²) in [7, 11) is 0. The first-order valence-electron chi connectivity index (χ1n) is 9.00. The lowest BCUT2D eigenvalue weighted by molar-refractivity contribution is 0.0947. The van der Waals surface area contributed by atoms with Crippen LogP contribution in [0.4, 0.5) is 5.69 Å². The van der Waals surface area contributed by atoms with Gasteiger partial charge in [-0.1, -0.05) is 6.07 Å². The number of amides is 2. The second-order valence-corrected chi connectivity index (χ2v) is 6.49. The molecule has 144 valence electrons. The lowest BCUT2D eigenvalue weighted by atomic mass is 10.1. The van der Waals surface area contributed by atoms with Gasteiger partial charge in [0.2, 0.25) is 0 Å². The summed E-state index contributed by atoms with van der Waals surface area (Å²) in [5.74, 6) is 0.865. The molecule has 0 atom stereocenters. The van der Waals surface area contributed by atoms with Gasteiger partial charge < -0.3 is 19.8 Å². The molecule has 2 amide bonds. The van der Waals surface area contributed by atoms with Gasteiger partial charge in [-0.15, -0.1) is 0 Å². The Bertz CT molecular complexity index is 931. The predicted molar refractivity (Wildman–Crippen MR) is 106 cm³/mol. The van der Waals surface area contributed by atoms with Gasteiger partial charge in [0.05, 0.1) is 18.9 Å². The van der Waals surface area contributed by atoms with Crippen molar-refractivity contribution in [1.29, 1.82) is 0 Å². The van der Waals surface area contributed by atoms with Crippen molar-refractivity contribution in [2.75, 3.05) is 5.32 Å². The van der Waals surface area contributed by atoms with Crippen LogP contribution in [0.25, 0.3) is 0 Å². The van der Waals surface area contributed by atoms with Crippen LogP contribution in [0.3, 0.4) is 0 Å². The Balaban J connectivity index is 1.59. The maximum absolute atomic E-state index is 12.4. The molecule has 0 unspecified atom stereocenters. The smallest absolute Gasteiger partial charge is 0.255 e. The van der Waals surface area contributed by atoms with Crippen molar-refractivity contribution in [2.24, 2.45) is 0 Å². The fourth-order valence-corrected chi connectivity index (χ4v) is 2.57. The molecule has 3 aromatic rings. The maximum atomic E-state index is 12.4. The van der Waals surface area contributed by atoms with Gasteiger partial charge in [0, 0.05) is 16.8 Å². The van der Waals surface area contributed by atoms with Crippen molar-refractivity contribution in [3.8, 4) is 5.75 Å². The van der Waals surface area contributed by atoms with Crippen molar-refractivity contribution in [3.63, 3.8) is 0 Å². The monoisotopic (exact) mass is 378 g/mol. The number of anilines is 1. The number of hydrogen-bond donors (Lipinski definition) is 2. The molecule has 1 aromatic heterocycles. The van der Waals surface area contributed by atoms with Gasteiger partial charge in [0.1, 0.15) is 11.5 Å². The van der Waals surface area contributed by atoms with Crippen LogP contribution in [0.1, 0.15) is 40.3 Å². The van der Waals surface area contributed by atoms with E-state index in [2.05, 4.69) is 10.6 Å². The lowest BCUT2D eigenvalue weighted by Gasteiger charge is -2.11. The number of carbonyl (C=O) groups is 2. The highest BCUT2D eigenvalue weighted by molar-refractivity contribution is 6.04. The Kier molecular flexibility index (Phi) is 6.11. The van der Waals surface area contributed by atoms with Crippen molar-refractivity contribution in [3.05, 3.63) is 83.8 Å². The largest absolute Gasteiger partial charge is 0.491 e. The third-order valence-corrected chi connectivity index (χ3v) is 3.88. The Labute approximate surface area is 163 Å². The molecule has 6 heteroatoms. The van der Waals surface area contributed by atoms with Crippen LogP contribution in [0, 0.1) is 0 Å². The van der Waals surface area contributed by atoms with Crippen molar-refractivity contribution in [2.45, 2.75) is 26.5 Å². The number of furan rings is 1. The molecule has 6 nitrogen and oxygen atoms in total. The van der Waals surface area contributed by atoms with E-state index < -0.39 is 0 Å². The van der Waals surface area contributed by atoms with Gasteiger partial charge in [-0.2, -0.15) is 0 Å². The lowest BCUT2D eigenvalue weighted by Crippen LogP contribution is -2.22. The molecule has 2 aromatic carbocycles. The summed E-state index contributed by atoms with van der Waals surface area (Å²) >= 11 is 0. The molecule has 0 saturated carbocycles. The molecule has 0 spiro atoms. The highest BCUT2D eigenvalue weighted by Crippen LogP contribution is 2.17. The first-order chi connectivity index (χ1) is 13.5. The number of ether oxygens (including phenoxy) is 1. The Morgan fingerprint density at radius 1 is 0.964 bits per heavy atom. The topological polar surface area (TPSA) is 80.6 Å². The Hall–Kier alpha value is -3.54. The zero-order valence-electron chi connectivity index (χ0n) is 15.8. The van der Waals surface area contributed by atoms with E-state index in [4.69, 9.17) is 9.15 Å². The molecule has 0 aliphatic heterocycles. The number of benzene rings is 2.